The van der Waals surface area contributed by atoms with Crippen LogP contribution in [0, 0.1) is 5.82 Å². The van der Waals surface area contributed by atoms with Crippen LogP contribution in [0.1, 0.15) is 18.4 Å². The van der Waals surface area contributed by atoms with Crippen LogP contribution in [0.15, 0.2) is 24.3 Å². The lowest BCUT2D eigenvalue weighted by Crippen LogP contribution is -2.41. The lowest BCUT2D eigenvalue weighted by molar-refractivity contribution is -0.122. The number of halogens is 2. The molecule has 1 heterocycles. The molecule has 5 heteroatoms. The summed E-state index contributed by atoms with van der Waals surface area (Å²) in [6.07, 6.45) is 2.63. The molecule has 1 saturated heterocycles. The summed E-state index contributed by atoms with van der Waals surface area (Å²) in [5.41, 5.74) is 0.907. The van der Waals surface area contributed by atoms with Crippen molar-refractivity contribution in [1.82, 2.24) is 10.6 Å². The molecular formula is C13H18ClFN2O. The van der Waals surface area contributed by atoms with E-state index in [0.29, 0.717) is 13.0 Å². The van der Waals surface area contributed by atoms with Crippen molar-refractivity contribution in [3.8, 4) is 0 Å². The van der Waals surface area contributed by atoms with E-state index in [-0.39, 0.29) is 30.2 Å². The topological polar surface area (TPSA) is 41.1 Å². The summed E-state index contributed by atoms with van der Waals surface area (Å²) in [6, 6.07) is 6.43. The molecule has 100 valence electrons. The molecule has 0 spiro atoms. The van der Waals surface area contributed by atoms with Crippen molar-refractivity contribution in [1.29, 1.82) is 0 Å². The van der Waals surface area contributed by atoms with Crippen LogP contribution in [0.3, 0.4) is 0 Å². The van der Waals surface area contributed by atoms with Crippen LogP contribution in [-0.4, -0.2) is 25.0 Å². The fourth-order valence-electron chi connectivity index (χ4n) is 2.05. The van der Waals surface area contributed by atoms with Crippen LogP contribution < -0.4 is 10.6 Å². The van der Waals surface area contributed by atoms with Gasteiger partial charge in [-0.3, -0.25) is 4.79 Å². The van der Waals surface area contributed by atoms with Crippen LogP contribution >= 0.6 is 12.4 Å². The highest BCUT2D eigenvalue weighted by Gasteiger charge is 2.21. The molecule has 1 aromatic carbocycles. The zero-order valence-corrected chi connectivity index (χ0v) is 10.9. The Morgan fingerprint density at radius 1 is 1.50 bits per heavy atom. The summed E-state index contributed by atoms with van der Waals surface area (Å²) in [7, 11) is 0. The molecule has 1 atom stereocenters. The molecule has 1 fully saturated rings. The summed E-state index contributed by atoms with van der Waals surface area (Å²) < 4.78 is 12.9. The molecule has 1 aliphatic heterocycles. The van der Waals surface area contributed by atoms with Gasteiger partial charge in [-0.05, 0) is 43.5 Å². The van der Waals surface area contributed by atoms with Crippen molar-refractivity contribution < 1.29 is 9.18 Å². The van der Waals surface area contributed by atoms with Crippen molar-refractivity contribution in [2.45, 2.75) is 25.3 Å². The van der Waals surface area contributed by atoms with Crippen molar-refractivity contribution in [2.24, 2.45) is 0 Å². The monoisotopic (exact) mass is 272 g/mol. The van der Waals surface area contributed by atoms with Gasteiger partial charge in [0.25, 0.3) is 0 Å². The van der Waals surface area contributed by atoms with Crippen molar-refractivity contribution in [2.75, 3.05) is 13.1 Å². The summed E-state index contributed by atoms with van der Waals surface area (Å²) in [5.74, 6) is -0.176. The Kier molecular flexibility index (Phi) is 6.09. The Hall–Kier alpha value is -1.13. The molecule has 18 heavy (non-hydrogen) atoms. The second-order valence-electron chi connectivity index (χ2n) is 4.32. The van der Waals surface area contributed by atoms with Gasteiger partial charge < -0.3 is 10.6 Å². The normalized spacial score (nSPS) is 18.2. The number of rotatable bonds is 4. The van der Waals surface area contributed by atoms with Crippen LogP contribution in [-0.2, 0) is 11.2 Å². The second kappa shape index (κ2) is 7.34. The molecule has 0 unspecified atom stereocenters. The highest BCUT2D eigenvalue weighted by Crippen LogP contribution is 2.05. The van der Waals surface area contributed by atoms with Gasteiger partial charge >= 0.3 is 0 Å². The standard InChI is InChI=1S/C13H17FN2O.ClH/c14-11-4-1-3-10(9-11)6-8-16-13(17)12-5-2-7-15-12;/h1,3-4,9,12,15H,2,5-8H2,(H,16,17);1H/t12-;/m0./s1. The van der Waals surface area contributed by atoms with E-state index >= 15 is 0 Å². The van der Waals surface area contributed by atoms with E-state index in [1.54, 1.807) is 6.07 Å². The highest BCUT2D eigenvalue weighted by atomic mass is 35.5. The van der Waals surface area contributed by atoms with E-state index in [0.717, 1.165) is 24.9 Å². The summed E-state index contributed by atoms with van der Waals surface area (Å²) >= 11 is 0. The molecular weight excluding hydrogens is 255 g/mol. The first-order chi connectivity index (χ1) is 8.25. The van der Waals surface area contributed by atoms with Gasteiger partial charge in [0, 0.05) is 6.54 Å². The van der Waals surface area contributed by atoms with E-state index < -0.39 is 0 Å². The molecule has 2 N–H and O–H groups in total. The van der Waals surface area contributed by atoms with E-state index in [1.807, 2.05) is 6.07 Å². The molecule has 1 aromatic rings. The van der Waals surface area contributed by atoms with Crippen LogP contribution in [0.25, 0.3) is 0 Å². The maximum atomic E-state index is 12.9. The smallest absolute Gasteiger partial charge is 0.237 e. The number of carbonyl (C=O) groups is 1. The lowest BCUT2D eigenvalue weighted by Gasteiger charge is -2.10. The quantitative estimate of drug-likeness (QED) is 0.875. The number of amides is 1. The predicted octanol–water partition coefficient (Wildman–Crippen LogP) is 1.66. The minimum atomic E-state index is -0.230. The molecule has 1 amide bonds. The summed E-state index contributed by atoms with van der Waals surface area (Å²) in [5, 5.41) is 6.01. The SMILES string of the molecule is Cl.O=C(NCCc1cccc(F)c1)[C@@H]1CCCN1. The fraction of sp³-hybridized carbons (Fsp3) is 0.462. The minimum Gasteiger partial charge on any atom is -0.354 e. The van der Waals surface area contributed by atoms with Gasteiger partial charge in [0.15, 0.2) is 0 Å². The van der Waals surface area contributed by atoms with Gasteiger partial charge in [0.05, 0.1) is 6.04 Å². The fourth-order valence-corrected chi connectivity index (χ4v) is 2.05. The van der Waals surface area contributed by atoms with Gasteiger partial charge in [0.1, 0.15) is 5.82 Å². The summed E-state index contributed by atoms with van der Waals surface area (Å²) in [6.45, 7) is 1.47. The third kappa shape index (κ3) is 4.27. The molecule has 2 rings (SSSR count). The van der Waals surface area contributed by atoms with Crippen molar-refractivity contribution >= 4 is 18.3 Å². The Labute approximate surface area is 113 Å². The maximum Gasteiger partial charge on any atom is 0.237 e. The largest absolute Gasteiger partial charge is 0.354 e. The van der Waals surface area contributed by atoms with E-state index in [2.05, 4.69) is 10.6 Å². The van der Waals surface area contributed by atoms with Gasteiger partial charge in [-0.15, -0.1) is 12.4 Å². The Bertz CT molecular complexity index is 394. The first-order valence-corrected chi connectivity index (χ1v) is 6.01. The van der Waals surface area contributed by atoms with Crippen LogP contribution in [0.5, 0.6) is 0 Å². The Morgan fingerprint density at radius 3 is 3.00 bits per heavy atom. The number of hydrogen-bond donors (Lipinski definition) is 2. The van der Waals surface area contributed by atoms with Gasteiger partial charge in [-0.25, -0.2) is 4.39 Å². The third-order valence-electron chi connectivity index (χ3n) is 2.98. The predicted molar refractivity (Wildman–Crippen MR) is 71.4 cm³/mol. The first kappa shape index (κ1) is 14.9. The van der Waals surface area contributed by atoms with Gasteiger partial charge in [-0.1, -0.05) is 12.1 Å². The van der Waals surface area contributed by atoms with Gasteiger partial charge in [-0.2, -0.15) is 0 Å². The van der Waals surface area contributed by atoms with Crippen molar-refractivity contribution in [3.05, 3.63) is 35.6 Å². The average Bonchev–Trinajstić information content (AvgIpc) is 2.82. The first-order valence-electron chi connectivity index (χ1n) is 6.01. The van der Waals surface area contributed by atoms with Gasteiger partial charge in [0.2, 0.25) is 5.91 Å². The Morgan fingerprint density at radius 2 is 2.33 bits per heavy atom. The van der Waals surface area contributed by atoms with E-state index in [1.165, 1.54) is 12.1 Å². The number of carbonyl (C=O) groups excluding carboxylic acids is 1. The zero-order chi connectivity index (χ0) is 12.1. The van der Waals surface area contributed by atoms with E-state index in [9.17, 15) is 9.18 Å². The molecule has 1 aliphatic rings. The lowest BCUT2D eigenvalue weighted by atomic mass is 10.1. The molecule has 0 radical (unpaired) electrons. The molecule has 0 saturated carbocycles. The molecule has 3 nitrogen and oxygen atoms in total. The highest BCUT2D eigenvalue weighted by molar-refractivity contribution is 5.85. The number of hydrogen-bond acceptors (Lipinski definition) is 2. The molecule has 0 aromatic heterocycles. The third-order valence-corrected chi connectivity index (χ3v) is 2.98. The van der Waals surface area contributed by atoms with E-state index in [4.69, 9.17) is 0 Å². The molecule has 0 bridgehead atoms. The van der Waals surface area contributed by atoms with Crippen LogP contribution in [0.4, 0.5) is 4.39 Å². The number of nitrogens with one attached hydrogen (secondary N) is 2. The Balaban J connectivity index is 0.00000162. The van der Waals surface area contributed by atoms with Crippen molar-refractivity contribution in [3.63, 3.8) is 0 Å². The maximum absolute atomic E-state index is 12.9. The average molecular weight is 273 g/mol. The minimum absolute atomic E-state index is 0. The summed E-state index contributed by atoms with van der Waals surface area (Å²) in [4.78, 5) is 11.7. The van der Waals surface area contributed by atoms with Crippen LogP contribution in [0.2, 0.25) is 0 Å². The zero-order valence-electron chi connectivity index (χ0n) is 10.1. The molecule has 0 aliphatic carbocycles. The second-order valence-corrected chi connectivity index (χ2v) is 4.32. The number of benzene rings is 1.